The van der Waals surface area contributed by atoms with Crippen LogP contribution in [-0.4, -0.2) is 5.97 Å². The van der Waals surface area contributed by atoms with E-state index in [2.05, 4.69) is 40.3 Å². The van der Waals surface area contributed by atoms with E-state index in [1.807, 2.05) is 0 Å². The van der Waals surface area contributed by atoms with Gasteiger partial charge in [-0.05, 0) is 55.5 Å². The maximum atomic E-state index is 11.0. The van der Waals surface area contributed by atoms with Gasteiger partial charge in [-0.2, -0.15) is 0 Å². The van der Waals surface area contributed by atoms with E-state index in [1.54, 1.807) is 0 Å². The summed E-state index contributed by atoms with van der Waals surface area (Å²) >= 11 is 0. The van der Waals surface area contributed by atoms with Crippen LogP contribution in [0.15, 0.2) is 18.7 Å². The lowest BCUT2D eigenvalue weighted by Gasteiger charge is -2.14. The minimum Gasteiger partial charge on any atom is -0.458 e. The Morgan fingerprint density at radius 3 is 2.44 bits per heavy atom. The van der Waals surface area contributed by atoms with Crippen molar-refractivity contribution in [1.29, 1.82) is 0 Å². The van der Waals surface area contributed by atoms with Gasteiger partial charge in [0.05, 0.1) is 0 Å². The summed E-state index contributed by atoms with van der Waals surface area (Å²) in [5, 5.41) is 0. The molecule has 0 unspecified atom stereocenters. The molecule has 86 valence electrons. The van der Waals surface area contributed by atoms with Gasteiger partial charge in [0.2, 0.25) is 0 Å². The zero-order valence-electron chi connectivity index (χ0n) is 10.4. The van der Waals surface area contributed by atoms with E-state index >= 15 is 0 Å². The van der Waals surface area contributed by atoms with Crippen molar-refractivity contribution in [2.24, 2.45) is 0 Å². The number of carbonyl (C=O) groups is 1. The van der Waals surface area contributed by atoms with Crippen LogP contribution in [0.1, 0.15) is 27.8 Å². The lowest BCUT2D eigenvalue weighted by Crippen LogP contribution is -2.04. The van der Waals surface area contributed by atoms with Gasteiger partial charge in [-0.3, -0.25) is 0 Å². The van der Waals surface area contributed by atoms with Crippen LogP contribution in [0.2, 0.25) is 0 Å². The molecule has 0 bridgehead atoms. The average Bonchev–Trinajstić information content (AvgIpc) is 2.28. The maximum Gasteiger partial charge on any atom is 0.330 e. The van der Waals surface area contributed by atoms with E-state index < -0.39 is 0 Å². The summed E-state index contributed by atoms with van der Waals surface area (Å²) in [4.78, 5) is 11.0. The molecule has 16 heavy (non-hydrogen) atoms. The third-order valence-corrected chi connectivity index (χ3v) is 3.13. The van der Waals surface area contributed by atoms with Gasteiger partial charge in [0.25, 0.3) is 0 Å². The minimum absolute atomic E-state index is 0.318. The largest absolute Gasteiger partial charge is 0.458 e. The molecule has 0 saturated heterocycles. The third kappa shape index (κ3) is 2.51. The van der Waals surface area contributed by atoms with E-state index in [-0.39, 0.29) is 5.97 Å². The highest BCUT2D eigenvalue weighted by molar-refractivity contribution is 5.81. The second-order valence-corrected chi connectivity index (χ2v) is 4.04. The second kappa shape index (κ2) is 4.97. The Hall–Kier alpha value is -1.57. The molecule has 0 amide bonds. The Bertz CT molecular complexity index is 431. The summed E-state index contributed by atoms with van der Waals surface area (Å²) < 4.78 is 5.05. The fraction of sp³-hybridized carbons (Fsp3) is 0.357. The van der Waals surface area contributed by atoms with Gasteiger partial charge in [-0.15, -0.1) is 0 Å². The summed E-state index contributed by atoms with van der Waals surface area (Å²) in [6, 6.07) is 2.08. The lowest BCUT2D eigenvalue weighted by molar-refractivity contribution is -0.138. The summed E-state index contributed by atoms with van der Waals surface area (Å²) in [7, 11) is 0. The Morgan fingerprint density at radius 1 is 1.25 bits per heavy atom. The molecule has 0 radical (unpaired) electrons. The number of ether oxygens (including phenoxy) is 1. The molecule has 0 fully saturated rings. The van der Waals surface area contributed by atoms with Gasteiger partial charge in [0.15, 0.2) is 0 Å². The first-order chi connectivity index (χ1) is 7.47. The molecule has 0 spiro atoms. The SMILES string of the molecule is C=CC(=O)OCc1cc(C)c(C)c(C)c1C. The van der Waals surface area contributed by atoms with Crippen LogP contribution < -0.4 is 0 Å². The number of aryl methyl sites for hydroxylation is 1. The first-order valence-corrected chi connectivity index (χ1v) is 5.32. The predicted molar refractivity (Wildman–Crippen MR) is 65.4 cm³/mol. The summed E-state index contributed by atoms with van der Waals surface area (Å²) in [5.74, 6) is -0.379. The number of hydrogen-bond donors (Lipinski definition) is 0. The quantitative estimate of drug-likeness (QED) is 0.575. The molecule has 0 saturated carbocycles. The number of carbonyl (C=O) groups excluding carboxylic acids is 1. The smallest absolute Gasteiger partial charge is 0.330 e. The van der Waals surface area contributed by atoms with Crippen LogP contribution >= 0.6 is 0 Å². The van der Waals surface area contributed by atoms with Crippen LogP contribution in [0.3, 0.4) is 0 Å². The van der Waals surface area contributed by atoms with Crippen molar-refractivity contribution in [1.82, 2.24) is 0 Å². The molecule has 0 aliphatic heterocycles. The minimum atomic E-state index is -0.379. The van der Waals surface area contributed by atoms with Gasteiger partial charge in [0, 0.05) is 6.08 Å². The van der Waals surface area contributed by atoms with Gasteiger partial charge >= 0.3 is 5.97 Å². The second-order valence-electron chi connectivity index (χ2n) is 4.04. The highest BCUT2D eigenvalue weighted by Crippen LogP contribution is 2.21. The van der Waals surface area contributed by atoms with Crippen LogP contribution in [0.5, 0.6) is 0 Å². The monoisotopic (exact) mass is 218 g/mol. The van der Waals surface area contributed by atoms with E-state index in [0.717, 1.165) is 5.56 Å². The predicted octanol–water partition coefficient (Wildman–Crippen LogP) is 3.15. The molecule has 0 aliphatic rings. The molecule has 0 heterocycles. The van der Waals surface area contributed by atoms with Crippen LogP contribution in [0.4, 0.5) is 0 Å². The van der Waals surface area contributed by atoms with Crippen LogP contribution in [0.25, 0.3) is 0 Å². The van der Waals surface area contributed by atoms with E-state index in [4.69, 9.17) is 4.74 Å². The van der Waals surface area contributed by atoms with Crippen molar-refractivity contribution in [3.8, 4) is 0 Å². The highest BCUT2D eigenvalue weighted by atomic mass is 16.5. The zero-order chi connectivity index (χ0) is 12.3. The van der Waals surface area contributed by atoms with Crippen molar-refractivity contribution in [2.75, 3.05) is 0 Å². The number of hydrogen-bond acceptors (Lipinski definition) is 2. The van der Waals surface area contributed by atoms with Crippen LogP contribution in [0, 0.1) is 27.7 Å². The normalized spacial score (nSPS) is 10.0. The number of esters is 1. The Morgan fingerprint density at radius 2 is 1.88 bits per heavy atom. The molecule has 1 aromatic carbocycles. The zero-order valence-corrected chi connectivity index (χ0v) is 10.4. The van der Waals surface area contributed by atoms with Gasteiger partial charge in [-0.25, -0.2) is 4.79 Å². The van der Waals surface area contributed by atoms with E-state index in [0.29, 0.717) is 6.61 Å². The van der Waals surface area contributed by atoms with E-state index in [9.17, 15) is 4.79 Å². The summed E-state index contributed by atoms with van der Waals surface area (Å²) in [6.45, 7) is 12.0. The van der Waals surface area contributed by atoms with Gasteiger partial charge in [-0.1, -0.05) is 12.6 Å². The lowest BCUT2D eigenvalue weighted by atomic mass is 9.95. The molecule has 1 aromatic rings. The molecule has 2 heteroatoms. The molecular weight excluding hydrogens is 200 g/mol. The van der Waals surface area contributed by atoms with Crippen molar-refractivity contribution < 1.29 is 9.53 Å². The van der Waals surface area contributed by atoms with Crippen molar-refractivity contribution in [3.05, 3.63) is 46.5 Å². The van der Waals surface area contributed by atoms with Crippen molar-refractivity contribution in [3.63, 3.8) is 0 Å². The number of benzene rings is 1. The first kappa shape index (κ1) is 12.5. The van der Waals surface area contributed by atoms with Crippen molar-refractivity contribution >= 4 is 5.97 Å². The molecule has 0 atom stereocenters. The molecule has 0 aliphatic carbocycles. The first-order valence-electron chi connectivity index (χ1n) is 5.32. The Balaban J connectivity index is 2.97. The van der Waals surface area contributed by atoms with Crippen LogP contribution in [-0.2, 0) is 16.1 Å². The maximum absolute atomic E-state index is 11.0. The fourth-order valence-corrected chi connectivity index (χ4v) is 1.65. The molecule has 0 N–H and O–H groups in total. The van der Waals surface area contributed by atoms with Crippen molar-refractivity contribution in [2.45, 2.75) is 34.3 Å². The van der Waals surface area contributed by atoms with Gasteiger partial charge < -0.3 is 4.74 Å². The standard InChI is InChI=1S/C14H18O2/c1-6-14(15)16-8-13-7-9(2)10(3)11(4)12(13)5/h6-7H,1,8H2,2-5H3. The Kier molecular flexibility index (Phi) is 3.88. The summed E-state index contributed by atoms with van der Waals surface area (Å²) in [5.41, 5.74) is 6.06. The third-order valence-electron chi connectivity index (χ3n) is 3.13. The molecular formula is C14H18O2. The Labute approximate surface area is 96.9 Å². The fourth-order valence-electron chi connectivity index (χ4n) is 1.65. The molecule has 1 rings (SSSR count). The molecule has 2 nitrogen and oxygen atoms in total. The average molecular weight is 218 g/mol. The number of rotatable bonds is 3. The highest BCUT2D eigenvalue weighted by Gasteiger charge is 2.08. The molecule has 0 aromatic heterocycles. The van der Waals surface area contributed by atoms with Gasteiger partial charge in [0.1, 0.15) is 6.61 Å². The topological polar surface area (TPSA) is 26.3 Å². The van der Waals surface area contributed by atoms with E-state index in [1.165, 1.54) is 28.3 Å². The summed E-state index contributed by atoms with van der Waals surface area (Å²) in [6.07, 6.45) is 1.18.